The third-order valence-corrected chi connectivity index (χ3v) is 3.18. The van der Waals surface area contributed by atoms with Crippen molar-refractivity contribution in [3.8, 4) is 23.6 Å². The van der Waals surface area contributed by atoms with Crippen LogP contribution in [0.5, 0.6) is 0 Å². The molecule has 0 radical (unpaired) electrons. The fourth-order valence-electron chi connectivity index (χ4n) is 1.75. The minimum Gasteiger partial charge on any atom is -0.383 e. The van der Waals surface area contributed by atoms with E-state index in [0.29, 0.717) is 28.1 Å². The van der Waals surface area contributed by atoms with Crippen LogP contribution in [-0.2, 0) is 6.54 Å². The molecule has 2 N–H and O–H groups in total. The maximum absolute atomic E-state index is 6.15. The lowest BCUT2D eigenvalue weighted by Crippen LogP contribution is -2.03. The second-order valence-corrected chi connectivity index (χ2v) is 4.65. The van der Waals surface area contributed by atoms with Crippen molar-refractivity contribution in [3.63, 3.8) is 0 Å². The van der Waals surface area contributed by atoms with Gasteiger partial charge in [0.2, 0.25) is 0 Å². The number of nitrogens with two attached hydrogens (primary N) is 1. The van der Waals surface area contributed by atoms with Gasteiger partial charge in [-0.3, -0.25) is 0 Å². The number of imidazole rings is 1. The van der Waals surface area contributed by atoms with E-state index >= 15 is 0 Å². The lowest BCUT2D eigenvalue weighted by molar-refractivity contribution is 0.807. The van der Waals surface area contributed by atoms with E-state index < -0.39 is 0 Å². The molecule has 2 rings (SSSR count). The van der Waals surface area contributed by atoms with Crippen LogP contribution in [0.1, 0.15) is 5.82 Å². The summed E-state index contributed by atoms with van der Waals surface area (Å²) in [6, 6.07) is 5.20. The average Bonchev–Trinajstić information content (AvgIpc) is 2.58. The molecular weight excluding hydrogens is 269 g/mol. The van der Waals surface area contributed by atoms with Crippen LogP contribution in [0, 0.1) is 19.3 Å². The summed E-state index contributed by atoms with van der Waals surface area (Å²) >= 11 is 12.0. The summed E-state index contributed by atoms with van der Waals surface area (Å²) in [7, 11) is 0. The van der Waals surface area contributed by atoms with Crippen molar-refractivity contribution in [1.82, 2.24) is 9.55 Å². The van der Waals surface area contributed by atoms with Crippen LogP contribution in [0.25, 0.3) is 11.3 Å². The van der Waals surface area contributed by atoms with Gasteiger partial charge in [0, 0.05) is 10.6 Å². The third-order valence-electron chi connectivity index (χ3n) is 2.63. The van der Waals surface area contributed by atoms with Crippen molar-refractivity contribution in [3.05, 3.63) is 34.1 Å². The molecule has 0 aliphatic heterocycles. The molecule has 1 aromatic carbocycles. The molecule has 0 atom stereocenters. The number of nitrogens with zero attached hydrogens (tertiary/aromatic N) is 2. The van der Waals surface area contributed by atoms with Gasteiger partial charge in [-0.25, -0.2) is 4.98 Å². The van der Waals surface area contributed by atoms with Crippen molar-refractivity contribution in [2.24, 2.45) is 0 Å². The lowest BCUT2D eigenvalue weighted by Gasteiger charge is -2.04. The summed E-state index contributed by atoms with van der Waals surface area (Å²) < 4.78 is 1.76. The molecular formula is C13H11Cl2N3. The van der Waals surface area contributed by atoms with Gasteiger partial charge in [-0.1, -0.05) is 29.1 Å². The molecule has 0 unspecified atom stereocenters. The Kier molecular flexibility index (Phi) is 3.51. The highest BCUT2D eigenvalue weighted by Crippen LogP contribution is 2.33. The van der Waals surface area contributed by atoms with E-state index in [1.165, 1.54) is 0 Å². The average molecular weight is 280 g/mol. The van der Waals surface area contributed by atoms with Crippen molar-refractivity contribution < 1.29 is 0 Å². The van der Waals surface area contributed by atoms with E-state index in [2.05, 4.69) is 10.9 Å². The Morgan fingerprint density at radius 1 is 1.44 bits per heavy atom. The Balaban J connectivity index is 2.58. The predicted octanol–water partition coefficient (Wildman–Crippen LogP) is 3.38. The number of aromatic nitrogens is 2. The standard InChI is InChI=1S/C13H11Cl2N3/c1-3-6-18-8(2)17-12(13(18)16)10-5-4-9(14)7-11(10)15/h1,4-5,7H,6,16H2,2H3. The van der Waals surface area contributed by atoms with Gasteiger partial charge in [0.1, 0.15) is 17.3 Å². The van der Waals surface area contributed by atoms with Crippen LogP contribution >= 0.6 is 23.2 Å². The largest absolute Gasteiger partial charge is 0.383 e. The summed E-state index contributed by atoms with van der Waals surface area (Å²) in [5.41, 5.74) is 7.42. The van der Waals surface area contributed by atoms with Gasteiger partial charge in [-0.2, -0.15) is 0 Å². The molecule has 3 nitrogen and oxygen atoms in total. The zero-order valence-corrected chi connectivity index (χ0v) is 11.3. The van der Waals surface area contributed by atoms with Gasteiger partial charge >= 0.3 is 0 Å². The summed E-state index contributed by atoms with van der Waals surface area (Å²) in [5, 5.41) is 1.08. The number of halogens is 2. The number of hydrogen-bond acceptors (Lipinski definition) is 2. The molecule has 5 heteroatoms. The van der Waals surface area contributed by atoms with Crippen LogP contribution < -0.4 is 5.73 Å². The van der Waals surface area contributed by atoms with E-state index in [1.54, 1.807) is 22.8 Å². The number of nitrogen functional groups attached to an aromatic ring is 1. The summed E-state index contributed by atoms with van der Waals surface area (Å²) in [6.45, 7) is 2.23. The maximum atomic E-state index is 6.15. The second kappa shape index (κ2) is 4.93. The van der Waals surface area contributed by atoms with Crippen molar-refractivity contribution >= 4 is 29.0 Å². The van der Waals surface area contributed by atoms with Crippen LogP contribution in [-0.4, -0.2) is 9.55 Å². The van der Waals surface area contributed by atoms with Crippen LogP contribution in [0.15, 0.2) is 18.2 Å². The lowest BCUT2D eigenvalue weighted by atomic mass is 10.1. The van der Waals surface area contributed by atoms with E-state index in [0.717, 1.165) is 11.4 Å². The van der Waals surface area contributed by atoms with Crippen LogP contribution in [0.3, 0.4) is 0 Å². The number of terminal acetylenes is 1. The first kappa shape index (κ1) is 12.8. The zero-order valence-electron chi connectivity index (χ0n) is 9.74. The van der Waals surface area contributed by atoms with Gasteiger partial charge in [0.15, 0.2) is 0 Å². The topological polar surface area (TPSA) is 43.8 Å². The van der Waals surface area contributed by atoms with Crippen molar-refractivity contribution in [2.45, 2.75) is 13.5 Å². The smallest absolute Gasteiger partial charge is 0.132 e. The quantitative estimate of drug-likeness (QED) is 0.857. The molecule has 0 amide bonds. The van der Waals surface area contributed by atoms with Gasteiger partial charge < -0.3 is 10.3 Å². The second-order valence-electron chi connectivity index (χ2n) is 3.81. The molecule has 1 heterocycles. The van der Waals surface area contributed by atoms with Gasteiger partial charge in [0.05, 0.1) is 11.6 Å². The first-order valence-corrected chi connectivity index (χ1v) is 6.01. The number of rotatable bonds is 2. The van der Waals surface area contributed by atoms with Crippen molar-refractivity contribution in [1.29, 1.82) is 0 Å². The van der Waals surface area contributed by atoms with Crippen molar-refractivity contribution in [2.75, 3.05) is 5.73 Å². The van der Waals surface area contributed by atoms with E-state index in [9.17, 15) is 0 Å². The monoisotopic (exact) mass is 279 g/mol. The Labute approximate surface area is 116 Å². The number of benzene rings is 1. The molecule has 0 bridgehead atoms. The number of anilines is 1. The number of hydrogen-bond donors (Lipinski definition) is 1. The fourth-order valence-corrected chi connectivity index (χ4v) is 2.25. The molecule has 18 heavy (non-hydrogen) atoms. The Morgan fingerprint density at radius 2 is 2.17 bits per heavy atom. The minimum atomic E-state index is 0.385. The SMILES string of the molecule is C#CCn1c(C)nc(-c2ccc(Cl)cc2Cl)c1N. The Bertz CT molecular complexity index is 638. The Hall–Kier alpha value is -1.63. The highest BCUT2D eigenvalue weighted by Gasteiger charge is 2.15. The van der Waals surface area contributed by atoms with E-state index in [-0.39, 0.29) is 0 Å². The van der Waals surface area contributed by atoms with E-state index in [4.69, 9.17) is 35.4 Å². The molecule has 0 spiro atoms. The molecule has 2 aromatic rings. The Morgan fingerprint density at radius 3 is 2.78 bits per heavy atom. The summed E-state index contributed by atoms with van der Waals surface area (Å²) in [5.74, 6) is 3.81. The molecule has 0 saturated carbocycles. The predicted molar refractivity (Wildman–Crippen MR) is 75.7 cm³/mol. The molecule has 0 fully saturated rings. The molecule has 0 saturated heterocycles. The normalized spacial score (nSPS) is 10.3. The fraction of sp³-hybridized carbons (Fsp3) is 0.154. The molecule has 0 aliphatic carbocycles. The summed E-state index contributed by atoms with van der Waals surface area (Å²) in [6.07, 6.45) is 5.30. The number of aryl methyl sites for hydroxylation is 1. The highest BCUT2D eigenvalue weighted by atomic mass is 35.5. The molecule has 1 aromatic heterocycles. The summed E-state index contributed by atoms with van der Waals surface area (Å²) in [4.78, 5) is 4.40. The first-order valence-electron chi connectivity index (χ1n) is 5.26. The van der Waals surface area contributed by atoms with Gasteiger partial charge in [-0.15, -0.1) is 6.42 Å². The van der Waals surface area contributed by atoms with Gasteiger partial charge in [0.25, 0.3) is 0 Å². The van der Waals surface area contributed by atoms with Gasteiger partial charge in [-0.05, 0) is 25.1 Å². The maximum Gasteiger partial charge on any atom is 0.132 e. The molecule has 92 valence electrons. The van der Waals surface area contributed by atoms with Crippen LogP contribution in [0.2, 0.25) is 10.0 Å². The van der Waals surface area contributed by atoms with Crippen LogP contribution in [0.4, 0.5) is 5.82 Å². The zero-order chi connectivity index (χ0) is 13.3. The third kappa shape index (κ3) is 2.17. The van der Waals surface area contributed by atoms with E-state index in [1.807, 2.05) is 6.92 Å². The highest BCUT2D eigenvalue weighted by molar-refractivity contribution is 6.36. The minimum absolute atomic E-state index is 0.385. The first-order chi connectivity index (χ1) is 8.54. The molecule has 0 aliphatic rings.